The van der Waals surface area contributed by atoms with Gasteiger partial charge in [0.1, 0.15) is 0 Å². The van der Waals surface area contributed by atoms with Crippen LogP contribution in [0.4, 0.5) is 8.78 Å². The maximum absolute atomic E-state index is 13.2. The predicted molar refractivity (Wildman–Crippen MR) is 48.4 cm³/mol. The number of hydroxylamine groups is 1. The molecule has 0 amide bonds. The van der Waals surface area contributed by atoms with Crippen molar-refractivity contribution in [3.8, 4) is 11.5 Å². The lowest BCUT2D eigenvalue weighted by molar-refractivity contribution is 0.0852. The van der Waals surface area contributed by atoms with Crippen molar-refractivity contribution in [2.75, 3.05) is 14.2 Å². The van der Waals surface area contributed by atoms with Crippen LogP contribution in [0.5, 0.6) is 11.5 Å². The van der Waals surface area contributed by atoms with Crippen LogP contribution in [-0.2, 0) is 11.4 Å². The molecule has 6 heteroatoms. The van der Waals surface area contributed by atoms with Crippen LogP contribution in [0, 0.1) is 11.6 Å². The third-order valence-corrected chi connectivity index (χ3v) is 1.85. The molecule has 0 bridgehead atoms. The monoisotopic (exact) mass is 219 g/mol. The van der Waals surface area contributed by atoms with Gasteiger partial charge in [-0.2, -0.15) is 5.48 Å². The van der Waals surface area contributed by atoms with Crippen LogP contribution in [0.25, 0.3) is 0 Å². The van der Waals surface area contributed by atoms with Crippen molar-refractivity contribution >= 4 is 0 Å². The molecule has 15 heavy (non-hydrogen) atoms. The molecular formula is C9H11F2NO3. The summed E-state index contributed by atoms with van der Waals surface area (Å²) < 4.78 is 30.9. The third-order valence-electron chi connectivity index (χ3n) is 1.85. The van der Waals surface area contributed by atoms with E-state index in [-0.39, 0.29) is 17.9 Å². The Hall–Kier alpha value is -1.40. The molecule has 84 valence electrons. The van der Waals surface area contributed by atoms with E-state index >= 15 is 0 Å². The zero-order chi connectivity index (χ0) is 11.4. The van der Waals surface area contributed by atoms with E-state index in [0.717, 1.165) is 0 Å². The van der Waals surface area contributed by atoms with Gasteiger partial charge in [-0.1, -0.05) is 0 Å². The van der Waals surface area contributed by atoms with Gasteiger partial charge >= 0.3 is 0 Å². The summed E-state index contributed by atoms with van der Waals surface area (Å²) in [5.41, 5.74) is 2.33. The van der Waals surface area contributed by atoms with Gasteiger partial charge in [0.05, 0.1) is 26.3 Å². The number of phenolic OH excluding ortho intramolecular Hbond substituents is 1. The Labute approximate surface area is 85.4 Å². The second kappa shape index (κ2) is 4.90. The molecule has 0 aliphatic rings. The van der Waals surface area contributed by atoms with E-state index in [9.17, 15) is 13.9 Å². The molecule has 1 aromatic rings. The Bertz CT molecular complexity index is 358. The number of benzene rings is 1. The van der Waals surface area contributed by atoms with E-state index in [1.54, 1.807) is 0 Å². The minimum atomic E-state index is -1.04. The molecule has 0 spiro atoms. The summed E-state index contributed by atoms with van der Waals surface area (Å²) >= 11 is 0. The smallest absolute Gasteiger partial charge is 0.168 e. The Balaban J connectivity index is 3.18. The molecule has 0 atom stereocenters. The topological polar surface area (TPSA) is 50.7 Å². The second-order valence-corrected chi connectivity index (χ2v) is 2.73. The highest BCUT2D eigenvalue weighted by Crippen LogP contribution is 2.32. The van der Waals surface area contributed by atoms with Gasteiger partial charge in [0.15, 0.2) is 23.1 Å². The van der Waals surface area contributed by atoms with E-state index in [4.69, 9.17) is 4.74 Å². The third kappa shape index (κ3) is 2.34. The number of nitrogens with one attached hydrogen (secondary N) is 1. The highest BCUT2D eigenvalue weighted by atomic mass is 19.1. The largest absolute Gasteiger partial charge is 0.504 e. The number of rotatable bonds is 4. The molecule has 2 N–H and O–H groups in total. The first-order valence-corrected chi connectivity index (χ1v) is 4.11. The van der Waals surface area contributed by atoms with Gasteiger partial charge in [0.25, 0.3) is 0 Å². The SMILES string of the molecule is CONCc1c(O)c(F)cc(F)c1OC. The van der Waals surface area contributed by atoms with Gasteiger partial charge in [-0.3, -0.25) is 0 Å². The van der Waals surface area contributed by atoms with Crippen molar-refractivity contribution in [3.05, 3.63) is 23.3 Å². The molecule has 0 fully saturated rings. The van der Waals surface area contributed by atoms with Crippen LogP contribution in [0.15, 0.2) is 6.07 Å². The molecule has 0 saturated carbocycles. The fourth-order valence-electron chi connectivity index (χ4n) is 1.17. The number of halogens is 2. The average molecular weight is 219 g/mol. The van der Waals surface area contributed by atoms with Gasteiger partial charge in [-0.05, 0) is 0 Å². The van der Waals surface area contributed by atoms with Crippen LogP contribution in [0.1, 0.15) is 5.56 Å². The van der Waals surface area contributed by atoms with Gasteiger partial charge < -0.3 is 14.7 Å². The van der Waals surface area contributed by atoms with Crippen molar-refractivity contribution in [2.45, 2.75) is 6.54 Å². The zero-order valence-electron chi connectivity index (χ0n) is 8.30. The number of hydrogen-bond donors (Lipinski definition) is 2. The van der Waals surface area contributed by atoms with Crippen LogP contribution in [0.3, 0.4) is 0 Å². The minimum Gasteiger partial charge on any atom is -0.504 e. The molecular weight excluding hydrogens is 208 g/mol. The Morgan fingerprint density at radius 1 is 1.33 bits per heavy atom. The molecule has 0 aliphatic heterocycles. The van der Waals surface area contributed by atoms with Crippen LogP contribution in [0.2, 0.25) is 0 Å². The highest BCUT2D eigenvalue weighted by molar-refractivity contribution is 5.45. The first-order chi connectivity index (χ1) is 7.11. The van der Waals surface area contributed by atoms with Crippen molar-refractivity contribution in [2.24, 2.45) is 0 Å². The maximum atomic E-state index is 13.2. The van der Waals surface area contributed by atoms with E-state index in [1.807, 2.05) is 0 Å². The van der Waals surface area contributed by atoms with E-state index < -0.39 is 17.4 Å². The molecule has 4 nitrogen and oxygen atoms in total. The summed E-state index contributed by atoms with van der Waals surface area (Å²) in [6.45, 7) is -0.0693. The summed E-state index contributed by atoms with van der Waals surface area (Å²) in [6.07, 6.45) is 0. The van der Waals surface area contributed by atoms with Crippen molar-refractivity contribution in [1.29, 1.82) is 0 Å². The van der Waals surface area contributed by atoms with E-state index in [0.29, 0.717) is 6.07 Å². The minimum absolute atomic E-state index is 0.0307. The Kier molecular flexibility index (Phi) is 3.81. The fraction of sp³-hybridized carbons (Fsp3) is 0.333. The lowest BCUT2D eigenvalue weighted by atomic mass is 10.1. The number of phenols is 1. The van der Waals surface area contributed by atoms with Gasteiger partial charge in [0, 0.05) is 6.07 Å². The summed E-state index contributed by atoms with van der Waals surface area (Å²) in [7, 11) is 2.57. The van der Waals surface area contributed by atoms with Crippen molar-refractivity contribution in [3.63, 3.8) is 0 Å². The number of hydrogen-bond acceptors (Lipinski definition) is 4. The average Bonchev–Trinajstić information content (AvgIpc) is 2.21. The van der Waals surface area contributed by atoms with E-state index in [2.05, 4.69) is 10.3 Å². The Morgan fingerprint density at radius 3 is 2.53 bits per heavy atom. The Morgan fingerprint density at radius 2 is 2.00 bits per heavy atom. The molecule has 0 heterocycles. The number of ether oxygens (including phenoxy) is 1. The van der Waals surface area contributed by atoms with Crippen LogP contribution >= 0.6 is 0 Å². The van der Waals surface area contributed by atoms with Crippen LogP contribution in [-0.4, -0.2) is 19.3 Å². The molecule has 0 saturated heterocycles. The standard InChI is InChI=1S/C9H11F2NO3/c1-14-9-5(4-12-15-2)8(13)6(10)3-7(9)11/h3,12-13H,4H2,1-2H3. The molecule has 0 aliphatic carbocycles. The summed E-state index contributed by atoms with van der Waals surface area (Å²) in [4.78, 5) is 4.52. The highest BCUT2D eigenvalue weighted by Gasteiger charge is 2.18. The van der Waals surface area contributed by atoms with Crippen molar-refractivity contribution < 1.29 is 23.5 Å². The summed E-state index contributed by atoms with van der Waals surface area (Å²) in [6, 6.07) is 0.560. The maximum Gasteiger partial charge on any atom is 0.168 e. The quantitative estimate of drug-likeness (QED) is 0.750. The van der Waals surface area contributed by atoms with Gasteiger partial charge in [-0.15, -0.1) is 0 Å². The molecule has 0 aromatic heterocycles. The van der Waals surface area contributed by atoms with Crippen molar-refractivity contribution in [1.82, 2.24) is 5.48 Å². The van der Waals surface area contributed by atoms with Gasteiger partial charge in [-0.25, -0.2) is 8.78 Å². The lowest BCUT2D eigenvalue weighted by Crippen LogP contribution is -2.13. The molecule has 0 radical (unpaired) electrons. The summed E-state index contributed by atoms with van der Waals surface area (Å²) in [5, 5.41) is 9.34. The lowest BCUT2D eigenvalue weighted by Gasteiger charge is -2.12. The summed E-state index contributed by atoms with van der Waals surface area (Å²) in [5.74, 6) is -2.78. The van der Waals surface area contributed by atoms with Crippen LogP contribution < -0.4 is 10.2 Å². The van der Waals surface area contributed by atoms with E-state index in [1.165, 1.54) is 14.2 Å². The molecule has 1 aromatic carbocycles. The number of aromatic hydroxyl groups is 1. The first-order valence-electron chi connectivity index (χ1n) is 4.11. The zero-order valence-corrected chi connectivity index (χ0v) is 8.30. The first kappa shape index (κ1) is 11.7. The number of methoxy groups -OCH3 is 1. The normalized spacial score (nSPS) is 10.4. The molecule has 1 rings (SSSR count). The second-order valence-electron chi connectivity index (χ2n) is 2.73. The van der Waals surface area contributed by atoms with Gasteiger partial charge in [0.2, 0.25) is 0 Å². The fourth-order valence-corrected chi connectivity index (χ4v) is 1.17. The molecule has 0 unspecified atom stereocenters. The predicted octanol–water partition coefficient (Wildman–Crippen LogP) is 1.33.